The molecule has 0 saturated heterocycles. The van der Waals surface area contributed by atoms with Crippen molar-refractivity contribution >= 4 is 16.8 Å². The highest BCUT2D eigenvalue weighted by Crippen LogP contribution is 2.14. The summed E-state index contributed by atoms with van der Waals surface area (Å²) >= 11 is 0. The second kappa shape index (κ2) is 4.97. The van der Waals surface area contributed by atoms with Gasteiger partial charge in [0.25, 0.3) is 5.91 Å². The van der Waals surface area contributed by atoms with Crippen LogP contribution in [0.3, 0.4) is 0 Å². The number of H-pyrrole nitrogens is 1. The third kappa shape index (κ3) is 2.45. The van der Waals surface area contributed by atoms with Crippen molar-refractivity contribution in [3.8, 4) is 0 Å². The van der Waals surface area contributed by atoms with E-state index in [0.29, 0.717) is 18.8 Å². The van der Waals surface area contributed by atoms with Gasteiger partial charge in [-0.05, 0) is 18.5 Å². The number of nitrogens with zero attached hydrogens (tertiary/aromatic N) is 1. The van der Waals surface area contributed by atoms with Gasteiger partial charge in [-0.15, -0.1) is 0 Å². The van der Waals surface area contributed by atoms with E-state index in [4.69, 9.17) is 5.73 Å². The molecule has 5 nitrogen and oxygen atoms in total. The Morgan fingerprint density at radius 3 is 3.06 bits per heavy atom. The van der Waals surface area contributed by atoms with Crippen LogP contribution in [0, 0.1) is 5.92 Å². The van der Waals surface area contributed by atoms with E-state index in [1.807, 2.05) is 31.2 Å². The smallest absolute Gasteiger partial charge is 0.272 e. The van der Waals surface area contributed by atoms with Gasteiger partial charge in [-0.25, -0.2) is 0 Å². The van der Waals surface area contributed by atoms with Crippen LogP contribution in [0.2, 0.25) is 0 Å². The first-order valence-electron chi connectivity index (χ1n) is 5.63. The molecule has 17 heavy (non-hydrogen) atoms. The lowest BCUT2D eigenvalue weighted by molar-refractivity contribution is 0.0945. The van der Waals surface area contributed by atoms with Gasteiger partial charge in [-0.3, -0.25) is 9.89 Å². The number of aromatic amines is 1. The maximum Gasteiger partial charge on any atom is 0.272 e. The first-order chi connectivity index (χ1) is 8.22. The van der Waals surface area contributed by atoms with Crippen molar-refractivity contribution in [3.05, 3.63) is 30.0 Å². The highest BCUT2D eigenvalue weighted by molar-refractivity contribution is 6.04. The maximum absolute atomic E-state index is 11.9. The maximum atomic E-state index is 11.9. The second-order valence-corrected chi connectivity index (χ2v) is 4.17. The van der Waals surface area contributed by atoms with Gasteiger partial charge in [-0.2, -0.15) is 5.10 Å². The first kappa shape index (κ1) is 11.6. The molecule has 2 rings (SSSR count). The lowest BCUT2D eigenvalue weighted by atomic mass is 10.1. The zero-order valence-corrected chi connectivity index (χ0v) is 9.73. The van der Waals surface area contributed by atoms with E-state index in [9.17, 15) is 4.79 Å². The molecule has 1 heterocycles. The normalized spacial score (nSPS) is 12.6. The van der Waals surface area contributed by atoms with Gasteiger partial charge in [0.15, 0.2) is 5.69 Å². The van der Waals surface area contributed by atoms with Crippen molar-refractivity contribution < 1.29 is 4.79 Å². The molecule has 2 aromatic rings. The number of rotatable bonds is 4. The largest absolute Gasteiger partial charge is 0.350 e. The van der Waals surface area contributed by atoms with Crippen LogP contribution in [0.1, 0.15) is 17.4 Å². The van der Waals surface area contributed by atoms with E-state index in [-0.39, 0.29) is 11.8 Å². The number of amides is 1. The van der Waals surface area contributed by atoms with Crippen LogP contribution >= 0.6 is 0 Å². The molecule has 0 aliphatic rings. The number of hydrogen-bond acceptors (Lipinski definition) is 3. The molecule has 0 saturated carbocycles. The number of aromatic nitrogens is 2. The first-order valence-corrected chi connectivity index (χ1v) is 5.63. The Labute approximate surface area is 99.4 Å². The molecule has 5 heteroatoms. The Kier molecular flexibility index (Phi) is 3.39. The van der Waals surface area contributed by atoms with E-state index in [2.05, 4.69) is 15.5 Å². The second-order valence-electron chi connectivity index (χ2n) is 4.17. The Bertz CT molecular complexity index is 520. The molecule has 90 valence electrons. The highest BCUT2D eigenvalue weighted by Gasteiger charge is 2.13. The minimum Gasteiger partial charge on any atom is -0.350 e. The molecular formula is C12H16N4O. The fourth-order valence-corrected chi connectivity index (χ4v) is 1.57. The molecule has 0 aliphatic carbocycles. The fraction of sp³-hybridized carbons (Fsp3) is 0.333. The van der Waals surface area contributed by atoms with Crippen molar-refractivity contribution in [1.82, 2.24) is 15.5 Å². The van der Waals surface area contributed by atoms with Crippen LogP contribution in [0.25, 0.3) is 10.9 Å². The van der Waals surface area contributed by atoms with E-state index >= 15 is 0 Å². The monoisotopic (exact) mass is 232 g/mol. The number of carbonyl (C=O) groups is 1. The predicted molar refractivity (Wildman–Crippen MR) is 66.6 cm³/mol. The summed E-state index contributed by atoms with van der Waals surface area (Å²) in [7, 11) is 0. The number of carbonyl (C=O) groups excluding carboxylic acids is 1. The van der Waals surface area contributed by atoms with Gasteiger partial charge < -0.3 is 11.1 Å². The van der Waals surface area contributed by atoms with E-state index in [1.165, 1.54) is 0 Å². The predicted octanol–water partition coefficient (Wildman–Crippen LogP) is 0.887. The molecule has 0 spiro atoms. The number of para-hydroxylation sites is 1. The standard InChI is InChI=1S/C12H16N4O/c1-8(6-13)7-14-12(17)11-9-4-2-3-5-10(9)15-16-11/h2-5,8H,6-7,13H2,1H3,(H,14,17)(H,15,16). The molecule has 1 amide bonds. The van der Waals surface area contributed by atoms with Gasteiger partial charge in [0, 0.05) is 11.9 Å². The zero-order chi connectivity index (χ0) is 12.3. The van der Waals surface area contributed by atoms with Crippen molar-refractivity contribution in [2.75, 3.05) is 13.1 Å². The van der Waals surface area contributed by atoms with Crippen molar-refractivity contribution in [2.24, 2.45) is 11.7 Å². The van der Waals surface area contributed by atoms with E-state index in [1.54, 1.807) is 0 Å². The molecule has 1 unspecified atom stereocenters. The molecule has 1 aromatic carbocycles. The summed E-state index contributed by atoms with van der Waals surface area (Å²) < 4.78 is 0. The number of nitrogens with one attached hydrogen (secondary N) is 2. The molecule has 4 N–H and O–H groups in total. The van der Waals surface area contributed by atoms with E-state index < -0.39 is 0 Å². The van der Waals surface area contributed by atoms with Gasteiger partial charge in [0.2, 0.25) is 0 Å². The third-order valence-corrected chi connectivity index (χ3v) is 2.70. The Hall–Kier alpha value is -1.88. The Morgan fingerprint density at radius 1 is 1.53 bits per heavy atom. The topological polar surface area (TPSA) is 83.8 Å². The quantitative estimate of drug-likeness (QED) is 0.732. The van der Waals surface area contributed by atoms with Crippen LogP contribution in [0.5, 0.6) is 0 Å². The molecule has 0 aliphatic heterocycles. The summed E-state index contributed by atoms with van der Waals surface area (Å²) in [6.07, 6.45) is 0. The highest BCUT2D eigenvalue weighted by atomic mass is 16.1. The third-order valence-electron chi connectivity index (χ3n) is 2.70. The van der Waals surface area contributed by atoms with Crippen LogP contribution in [0.4, 0.5) is 0 Å². The number of benzene rings is 1. The summed E-state index contributed by atoms with van der Waals surface area (Å²) in [4.78, 5) is 11.9. The summed E-state index contributed by atoms with van der Waals surface area (Å²) in [5.74, 6) is 0.104. The molecule has 0 bridgehead atoms. The van der Waals surface area contributed by atoms with Gasteiger partial charge in [0.05, 0.1) is 5.52 Å². The SMILES string of the molecule is CC(CN)CNC(=O)c1n[nH]c2ccccc12. The molecular weight excluding hydrogens is 216 g/mol. The average molecular weight is 232 g/mol. The van der Waals surface area contributed by atoms with E-state index in [0.717, 1.165) is 10.9 Å². The average Bonchev–Trinajstić information content (AvgIpc) is 2.79. The zero-order valence-electron chi connectivity index (χ0n) is 9.73. The number of nitrogens with two attached hydrogens (primary N) is 1. The van der Waals surface area contributed by atoms with Crippen molar-refractivity contribution in [1.29, 1.82) is 0 Å². The van der Waals surface area contributed by atoms with Crippen molar-refractivity contribution in [2.45, 2.75) is 6.92 Å². The Morgan fingerprint density at radius 2 is 2.29 bits per heavy atom. The number of hydrogen-bond donors (Lipinski definition) is 3. The van der Waals surface area contributed by atoms with Crippen LogP contribution in [0.15, 0.2) is 24.3 Å². The summed E-state index contributed by atoms with van der Waals surface area (Å²) in [5.41, 5.74) is 6.79. The Balaban J connectivity index is 2.14. The molecule has 1 atom stereocenters. The van der Waals surface area contributed by atoms with Gasteiger partial charge >= 0.3 is 0 Å². The summed E-state index contributed by atoms with van der Waals surface area (Å²) in [6, 6.07) is 7.55. The lowest BCUT2D eigenvalue weighted by Crippen LogP contribution is -2.31. The summed E-state index contributed by atoms with van der Waals surface area (Å²) in [6.45, 7) is 3.11. The minimum absolute atomic E-state index is 0.164. The van der Waals surface area contributed by atoms with Gasteiger partial charge in [0.1, 0.15) is 0 Å². The number of fused-ring (bicyclic) bond motifs is 1. The molecule has 1 aromatic heterocycles. The molecule has 0 radical (unpaired) electrons. The summed E-state index contributed by atoms with van der Waals surface area (Å²) in [5, 5.41) is 10.5. The molecule has 0 fully saturated rings. The van der Waals surface area contributed by atoms with Gasteiger partial charge in [-0.1, -0.05) is 25.1 Å². The van der Waals surface area contributed by atoms with Crippen LogP contribution in [-0.2, 0) is 0 Å². The van der Waals surface area contributed by atoms with Crippen LogP contribution in [-0.4, -0.2) is 29.2 Å². The lowest BCUT2D eigenvalue weighted by Gasteiger charge is -2.08. The van der Waals surface area contributed by atoms with Crippen LogP contribution < -0.4 is 11.1 Å². The fourth-order valence-electron chi connectivity index (χ4n) is 1.57. The minimum atomic E-state index is -0.164. The van der Waals surface area contributed by atoms with Crippen molar-refractivity contribution in [3.63, 3.8) is 0 Å².